The molecule has 0 spiro atoms. The zero-order valence-corrected chi connectivity index (χ0v) is 11.9. The first-order valence-electron chi connectivity index (χ1n) is 6.28. The molecule has 1 aliphatic heterocycles. The van der Waals surface area contributed by atoms with Gasteiger partial charge in [-0.25, -0.2) is 4.79 Å². The minimum absolute atomic E-state index is 0.0349. The summed E-state index contributed by atoms with van der Waals surface area (Å²) in [5.41, 5.74) is 5.24. The number of hydrazone groups is 2. The second-order valence-electron chi connectivity index (χ2n) is 4.24. The molecule has 0 atom stereocenters. The van der Waals surface area contributed by atoms with Gasteiger partial charge in [0.15, 0.2) is 0 Å². The van der Waals surface area contributed by atoms with E-state index in [9.17, 15) is 19.7 Å². The van der Waals surface area contributed by atoms with Gasteiger partial charge in [0.1, 0.15) is 0 Å². The van der Waals surface area contributed by atoms with Crippen molar-refractivity contribution < 1.29 is 19.2 Å². The maximum absolute atomic E-state index is 11.9. The first-order valence-corrected chi connectivity index (χ1v) is 6.28. The first-order chi connectivity index (χ1) is 11.0. The number of non-ortho nitro benzene ring substituents is 1. The van der Waals surface area contributed by atoms with Gasteiger partial charge in [0.25, 0.3) is 17.4 Å². The molecule has 1 heterocycles. The predicted octanol–water partition coefficient (Wildman–Crippen LogP) is -0.796. The number of amides is 1. The van der Waals surface area contributed by atoms with E-state index >= 15 is 0 Å². The number of nitrogens with one attached hydrogen (secondary N) is 3. The summed E-state index contributed by atoms with van der Waals surface area (Å²) in [6, 6.07) is 5.74. The molecule has 0 saturated heterocycles. The van der Waals surface area contributed by atoms with Crippen LogP contribution in [0.2, 0.25) is 0 Å². The summed E-state index contributed by atoms with van der Waals surface area (Å²) in [6.07, 6.45) is 0. The van der Waals surface area contributed by atoms with Crippen LogP contribution in [-0.4, -0.2) is 35.6 Å². The lowest BCUT2D eigenvalue weighted by Gasteiger charge is -2.13. The largest absolute Gasteiger partial charge is 0.463 e. The third-order valence-corrected chi connectivity index (χ3v) is 2.74. The standard InChI is InChI=1S/C12H12N6O5/c1-23-12(20)10-16-14-9(15-17-10)11(19)13-6-7-2-4-8(5-3-7)18(21)22/h2-5H,6H2,1H3,(H,13,19)(H,14,15)(H,16,17). The van der Waals surface area contributed by atoms with E-state index in [0.717, 1.165) is 0 Å². The Morgan fingerprint density at radius 2 is 1.83 bits per heavy atom. The number of hydrogen-bond donors (Lipinski definition) is 3. The molecular weight excluding hydrogens is 308 g/mol. The van der Waals surface area contributed by atoms with Crippen molar-refractivity contribution in [3.8, 4) is 0 Å². The van der Waals surface area contributed by atoms with Crippen LogP contribution >= 0.6 is 0 Å². The zero-order chi connectivity index (χ0) is 16.8. The summed E-state index contributed by atoms with van der Waals surface area (Å²) in [4.78, 5) is 33.0. The lowest BCUT2D eigenvalue weighted by molar-refractivity contribution is -0.384. The summed E-state index contributed by atoms with van der Waals surface area (Å²) in [5, 5.41) is 20.3. The number of methoxy groups -OCH3 is 1. The van der Waals surface area contributed by atoms with Crippen LogP contribution in [0.25, 0.3) is 0 Å². The Morgan fingerprint density at radius 1 is 1.22 bits per heavy atom. The zero-order valence-electron chi connectivity index (χ0n) is 11.9. The average molecular weight is 320 g/mol. The molecule has 2 rings (SSSR count). The fourth-order valence-electron chi connectivity index (χ4n) is 1.56. The highest BCUT2D eigenvalue weighted by Crippen LogP contribution is 2.11. The second-order valence-corrected chi connectivity index (χ2v) is 4.24. The quantitative estimate of drug-likeness (QED) is 0.365. The van der Waals surface area contributed by atoms with Crippen molar-refractivity contribution in [1.82, 2.24) is 16.2 Å². The second kappa shape index (κ2) is 6.98. The minimum atomic E-state index is -0.730. The fourth-order valence-corrected chi connectivity index (χ4v) is 1.56. The smallest absolute Gasteiger partial charge is 0.377 e. The van der Waals surface area contributed by atoms with E-state index in [-0.39, 0.29) is 23.9 Å². The summed E-state index contributed by atoms with van der Waals surface area (Å²) in [7, 11) is 1.18. The summed E-state index contributed by atoms with van der Waals surface area (Å²) >= 11 is 0. The Balaban J connectivity index is 1.87. The molecule has 1 amide bonds. The van der Waals surface area contributed by atoms with E-state index in [0.29, 0.717) is 5.56 Å². The number of hydrogen-bond acceptors (Lipinski definition) is 9. The number of nitro benzene ring substituents is 1. The van der Waals surface area contributed by atoms with Gasteiger partial charge in [-0.15, -0.1) is 10.2 Å². The molecule has 0 aliphatic carbocycles. The molecule has 3 N–H and O–H groups in total. The fraction of sp³-hybridized carbons (Fsp3) is 0.167. The number of nitrogens with zero attached hydrogens (tertiary/aromatic N) is 3. The van der Waals surface area contributed by atoms with Crippen molar-refractivity contribution >= 4 is 29.2 Å². The van der Waals surface area contributed by atoms with E-state index in [1.54, 1.807) is 0 Å². The van der Waals surface area contributed by atoms with Gasteiger partial charge in [0.2, 0.25) is 5.84 Å². The van der Waals surface area contributed by atoms with E-state index in [1.165, 1.54) is 31.4 Å². The van der Waals surface area contributed by atoms with Crippen molar-refractivity contribution in [2.24, 2.45) is 10.2 Å². The lowest BCUT2D eigenvalue weighted by atomic mass is 10.2. The third-order valence-electron chi connectivity index (χ3n) is 2.74. The maximum Gasteiger partial charge on any atom is 0.377 e. The SMILES string of the molecule is COC(=O)C1=NNC(C(=O)NCc2ccc([N+](=O)[O-])cc2)=NN1. The molecule has 11 nitrogen and oxygen atoms in total. The van der Waals surface area contributed by atoms with Crippen LogP contribution < -0.4 is 16.2 Å². The molecule has 11 heteroatoms. The highest BCUT2D eigenvalue weighted by atomic mass is 16.6. The Morgan fingerprint density at radius 3 is 2.35 bits per heavy atom. The van der Waals surface area contributed by atoms with Crippen LogP contribution in [0.4, 0.5) is 5.69 Å². The van der Waals surface area contributed by atoms with Gasteiger partial charge in [0.05, 0.1) is 12.0 Å². The van der Waals surface area contributed by atoms with E-state index in [2.05, 4.69) is 31.1 Å². The van der Waals surface area contributed by atoms with E-state index < -0.39 is 16.8 Å². The number of carbonyl (C=O) groups excluding carboxylic acids is 2. The third kappa shape index (κ3) is 4.00. The van der Waals surface area contributed by atoms with Crippen LogP contribution in [0, 0.1) is 10.1 Å². The summed E-state index contributed by atoms with van der Waals surface area (Å²) < 4.78 is 4.43. The van der Waals surface area contributed by atoms with Crippen LogP contribution in [0.1, 0.15) is 5.56 Å². The molecule has 0 aromatic heterocycles. The molecule has 0 unspecified atom stereocenters. The summed E-state index contributed by atoms with van der Waals surface area (Å²) in [5.74, 6) is -1.62. The number of nitro groups is 1. The molecule has 0 radical (unpaired) electrons. The van der Waals surface area contributed by atoms with Gasteiger partial charge in [0, 0.05) is 18.7 Å². The predicted molar refractivity (Wildman–Crippen MR) is 78.1 cm³/mol. The Bertz CT molecular complexity index is 696. The summed E-state index contributed by atoms with van der Waals surface area (Å²) in [6.45, 7) is 0.144. The van der Waals surface area contributed by atoms with Crippen molar-refractivity contribution in [3.05, 3.63) is 39.9 Å². The molecule has 1 aliphatic rings. The van der Waals surface area contributed by atoms with Gasteiger partial charge in [-0.1, -0.05) is 12.1 Å². The van der Waals surface area contributed by atoms with Crippen LogP contribution in [0.15, 0.2) is 34.5 Å². The van der Waals surface area contributed by atoms with Crippen LogP contribution in [0.5, 0.6) is 0 Å². The van der Waals surface area contributed by atoms with Crippen LogP contribution in [0.3, 0.4) is 0 Å². The normalized spacial score (nSPS) is 12.9. The molecule has 1 aromatic carbocycles. The van der Waals surface area contributed by atoms with Crippen LogP contribution in [-0.2, 0) is 20.9 Å². The van der Waals surface area contributed by atoms with Crippen molar-refractivity contribution in [2.75, 3.05) is 7.11 Å². The number of esters is 1. The molecule has 1 aromatic rings. The van der Waals surface area contributed by atoms with Gasteiger partial charge >= 0.3 is 5.97 Å². The average Bonchev–Trinajstić information content (AvgIpc) is 2.59. The molecule has 0 saturated carbocycles. The number of rotatable bonds is 5. The molecular formula is C12H12N6O5. The maximum atomic E-state index is 11.9. The highest BCUT2D eigenvalue weighted by molar-refractivity contribution is 6.41. The van der Waals surface area contributed by atoms with Crippen molar-refractivity contribution in [3.63, 3.8) is 0 Å². The molecule has 0 fully saturated rings. The van der Waals surface area contributed by atoms with Gasteiger partial charge < -0.3 is 10.1 Å². The van der Waals surface area contributed by atoms with Gasteiger partial charge in [-0.2, -0.15) is 0 Å². The number of amidine groups is 2. The highest BCUT2D eigenvalue weighted by Gasteiger charge is 2.19. The number of benzene rings is 1. The van der Waals surface area contributed by atoms with Gasteiger partial charge in [-0.3, -0.25) is 25.8 Å². The van der Waals surface area contributed by atoms with Gasteiger partial charge in [-0.05, 0) is 5.56 Å². The molecule has 23 heavy (non-hydrogen) atoms. The monoisotopic (exact) mass is 320 g/mol. The minimum Gasteiger partial charge on any atom is -0.463 e. The molecule has 0 bridgehead atoms. The lowest BCUT2D eigenvalue weighted by Crippen LogP contribution is -2.45. The number of carbonyl (C=O) groups is 2. The van der Waals surface area contributed by atoms with E-state index in [1.807, 2.05) is 0 Å². The Hall–Kier alpha value is -3.50. The topological polar surface area (TPSA) is 147 Å². The molecule has 120 valence electrons. The first kappa shape index (κ1) is 15.9. The van der Waals surface area contributed by atoms with Crippen molar-refractivity contribution in [1.29, 1.82) is 0 Å². The van der Waals surface area contributed by atoms with E-state index in [4.69, 9.17) is 0 Å². The van der Waals surface area contributed by atoms with Crippen molar-refractivity contribution in [2.45, 2.75) is 6.54 Å². The Labute approximate surface area is 129 Å². The number of ether oxygens (including phenoxy) is 1. The Kier molecular flexibility index (Phi) is 4.82.